The number of aromatic nitrogens is 2. The predicted molar refractivity (Wildman–Crippen MR) is 117 cm³/mol. The van der Waals surface area contributed by atoms with E-state index in [0.717, 1.165) is 22.7 Å². The highest BCUT2D eigenvalue weighted by Crippen LogP contribution is 2.25. The third-order valence-corrected chi connectivity index (χ3v) is 6.36. The van der Waals surface area contributed by atoms with Crippen molar-refractivity contribution < 1.29 is 19.8 Å². The van der Waals surface area contributed by atoms with Crippen molar-refractivity contribution in [1.29, 1.82) is 0 Å². The lowest BCUT2D eigenvalue weighted by Gasteiger charge is -2.00. The summed E-state index contributed by atoms with van der Waals surface area (Å²) in [5.74, 6) is -2.12. The van der Waals surface area contributed by atoms with Gasteiger partial charge in [-0.15, -0.1) is 0 Å². The fourth-order valence-electron chi connectivity index (χ4n) is 2.72. The van der Waals surface area contributed by atoms with Crippen LogP contribution in [0.15, 0.2) is 46.0 Å². The molecule has 0 saturated carbocycles. The summed E-state index contributed by atoms with van der Waals surface area (Å²) >= 11 is 13.8. The lowest BCUT2D eigenvalue weighted by atomic mass is 10.3. The number of fused-ring (bicyclic) bond motifs is 2. The summed E-state index contributed by atoms with van der Waals surface area (Å²) in [5, 5.41) is 18.1. The Labute approximate surface area is 185 Å². The van der Waals surface area contributed by atoms with Gasteiger partial charge in [-0.05, 0) is 24.3 Å². The number of para-hydroxylation sites is 2. The summed E-state index contributed by atoms with van der Waals surface area (Å²) in [6.45, 7) is -0.717. The molecule has 0 spiro atoms. The highest BCUT2D eigenvalue weighted by Gasteiger charge is 2.13. The predicted octanol–water partition coefficient (Wildman–Crippen LogP) is 3.60. The van der Waals surface area contributed by atoms with Crippen LogP contribution in [0.4, 0.5) is 0 Å². The van der Waals surface area contributed by atoms with E-state index in [2.05, 4.69) is 0 Å². The van der Waals surface area contributed by atoms with Gasteiger partial charge in [-0.2, -0.15) is 0 Å². The van der Waals surface area contributed by atoms with Crippen LogP contribution in [0.2, 0.25) is 10.0 Å². The van der Waals surface area contributed by atoms with Crippen LogP contribution in [0.1, 0.15) is 0 Å². The van der Waals surface area contributed by atoms with Crippen molar-refractivity contribution in [2.75, 3.05) is 0 Å². The number of nitrogens with zero attached hydrogens (tertiary/aromatic N) is 2. The fraction of sp³-hybridized carbons (Fsp3) is 0.111. The zero-order chi connectivity index (χ0) is 22.0. The van der Waals surface area contributed by atoms with Crippen LogP contribution in [-0.2, 0) is 22.7 Å². The molecule has 0 fully saturated rings. The number of rotatable bonds is 4. The smallest absolute Gasteiger partial charge is 0.323 e. The number of aliphatic carboxylic acids is 2. The second kappa shape index (κ2) is 9.00. The van der Waals surface area contributed by atoms with Crippen molar-refractivity contribution in [3.05, 3.63) is 65.8 Å². The van der Waals surface area contributed by atoms with Crippen molar-refractivity contribution in [3.8, 4) is 0 Å². The summed E-state index contributed by atoms with van der Waals surface area (Å²) < 4.78 is 3.75. The monoisotopic (exact) mass is 486 g/mol. The van der Waals surface area contributed by atoms with Gasteiger partial charge < -0.3 is 10.2 Å². The van der Waals surface area contributed by atoms with E-state index in [1.54, 1.807) is 36.4 Å². The molecule has 4 aromatic rings. The molecule has 2 aromatic carbocycles. The quantitative estimate of drug-likeness (QED) is 0.454. The van der Waals surface area contributed by atoms with E-state index in [1.165, 1.54) is 9.13 Å². The molecule has 0 bridgehead atoms. The molecular weight excluding hydrogens is 475 g/mol. The Hall–Kier alpha value is -2.66. The Morgan fingerprint density at radius 3 is 1.47 bits per heavy atom. The Morgan fingerprint density at radius 1 is 0.767 bits per heavy atom. The first-order chi connectivity index (χ1) is 14.2. The molecule has 156 valence electrons. The van der Waals surface area contributed by atoms with E-state index in [-0.39, 0.29) is 22.8 Å². The first-order valence-electron chi connectivity index (χ1n) is 8.18. The summed E-state index contributed by atoms with van der Waals surface area (Å²) in [7, 11) is 0. The van der Waals surface area contributed by atoms with E-state index in [0.29, 0.717) is 30.5 Å². The number of thiazole rings is 2. The Morgan fingerprint density at radius 2 is 1.13 bits per heavy atom. The fourth-order valence-corrected chi connectivity index (χ4v) is 5.22. The van der Waals surface area contributed by atoms with Crippen LogP contribution < -0.4 is 9.75 Å². The lowest BCUT2D eigenvalue weighted by molar-refractivity contribution is -0.138. The largest absolute Gasteiger partial charge is 0.480 e. The van der Waals surface area contributed by atoms with Gasteiger partial charge in [-0.1, -0.05) is 58.0 Å². The van der Waals surface area contributed by atoms with Crippen molar-refractivity contribution in [1.82, 2.24) is 9.13 Å². The van der Waals surface area contributed by atoms with Gasteiger partial charge in [-0.25, -0.2) is 0 Å². The first kappa shape index (κ1) is 22.0. The van der Waals surface area contributed by atoms with Gasteiger partial charge in [0, 0.05) is 0 Å². The van der Waals surface area contributed by atoms with Crippen LogP contribution in [-0.4, -0.2) is 31.3 Å². The third-order valence-electron chi connectivity index (χ3n) is 3.86. The topological polar surface area (TPSA) is 119 Å². The number of carbonyl (C=O) groups is 2. The summed E-state index contributed by atoms with van der Waals surface area (Å²) in [6, 6.07) is 10.2. The molecule has 0 aliphatic carbocycles. The molecule has 12 heteroatoms. The molecule has 0 radical (unpaired) electrons. The molecule has 0 aliphatic heterocycles. The average Bonchev–Trinajstić information content (AvgIpc) is 3.13. The highest BCUT2D eigenvalue weighted by atomic mass is 35.5. The summed E-state index contributed by atoms with van der Waals surface area (Å²) in [6.07, 6.45) is 0. The van der Waals surface area contributed by atoms with Crippen LogP contribution in [0.5, 0.6) is 0 Å². The Bertz CT molecular complexity index is 1280. The molecule has 0 unspecified atom stereocenters. The molecule has 2 aromatic heterocycles. The van der Waals surface area contributed by atoms with Gasteiger partial charge in [-0.3, -0.25) is 28.3 Å². The minimum Gasteiger partial charge on any atom is -0.480 e. The second-order valence-corrected chi connectivity index (χ2v) is 8.67. The number of hydrogen-bond donors (Lipinski definition) is 2. The maximum atomic E-state index is 11.5. The molecule has 2 N–H and O–H groups in total. The first-order valence-corrected chi connectivity index (χ1v) is 10.6. The van der Waals surface area contributed by atoms with Crippen molar-refractivity contribution in [3.63, 3.8) is 0 Å². The second-order valence-electron chi connectivity index (χ2n) is 5.87. The number of hydrogen-bond acceptors (Lipinski definition) is 6. The van der Waals surface area contributed by atoms with Crippen LogP contribution in [0.25, 0.3) is 20.4 Å². The molecule has 0 saturated heterocycles. The van der Waals surface area contributed by atoms with E-state index in [1.807, 2.05) is 0 Å². The highest BCUT2D eigenvalue weighted by molar-refractivity contribution is 7.16. The zero-order valence-electron chi connectivity index (χ0n) is 14.9. The maximum absolute atomic E-state index is 11.5. The van der Waals surface area contributed by atoms with Crippen molar-refractivity contribution in [2.45, 2.75) is 13.1 Å². The molecular formula is C18H12Cl2N2O6S2. The van der Waals surface area contributed by atoms with Crippen molar-refractivity contribution in [2.24, 2.45) is 0 Å². The van der Waals surface area contributed by atoms with E-state index >= 15 is 0 Å². The molecule has 30 heavy (non-hydrogen) atoms. The molecule has 0 atom stereocenters. The van der Waals surface area contributed by atoms with E-state index in [9.17, 15) is 19.2 Å². The number of benzene rings is 2. The van der Waals surface area contributed by atoms with Gasteiger partial charge >= 0.3 is 21.7 Å². The molecule has 8 nitrogen and oxygen atoms in total. The normalized spacial score (nSPS) is 10.7. The Balaban J connectivity index is 0.000000171. The maximum Gasteiger partial charge on any atom is 0.323 e. The van der Waals surface area contributed by atoms with Crippen LogP contribution in [0.3, 0.4) is 0 Å². The molecule has 2 heterocycles. The SMILES string of the molecule is O=C(O)Cn1c(=O)sc2cccc(Cl)c21.O=C(O)Cn1c(=O)sc2cccc(Cl)c21. The number of carboxylic acid groups (broad SMARTS) is 2. The van der Waals surface area contributed by atoms with E-state index < -0.39 is 11.9 Å². The van der Waals surface area contributed by atoms with Gasteiger partial charge in [0.2, 0.25) is 0 Å². The number of carboxylic acids is 2. The molecule has 4 rings (SSSR count). The average molecular weight is 487 g/mol. The van der Waals surface area contributed by atoms with Gasteiger partial charge in [0.25, 0.3) is 0 Å². The standard InChI is InChI=1S/2C9H6ClNO3S/c2*10-5-2-1-3-6-8(5)11(4-7(12)13)9(14)15-6/h2*1-3H,4H2,(H,12,13). The van der Waals surface area contributed by atoms with Gasteiger partial charge in [0.1, 0.15) is 13.1 Å². The minimum absolute atomic E-state index is 0.305. The lowest BCUT2D eigenvalue weighted by Crippen LogP contribution is -2.18. The summed E-state index contributed by atoms with van der Waals surface area (Å²) in [4.78, 5) is 43.5. The zero-order valence-corrected chi connectivity index (χ0v) is 18.0. The number of halogens is 2. The van der Waals surface area contributed by atoms with Crippen LogP contribution >= 0.6 is 45.9 Å². The van der Waals surface area contributed by atoms with Gasteiger partial charge in [0.15, 0.2) is 0 Å². The van der Waals surface area contributed by atoms with Crippen LogP contribution in [0, 0.1) is 0 Å². The summed E-state index contributed by atoms with van der Waals surface area (Å²) in [5.41, 5.74) is 0.994. The van der Waals surface area contributed by atoms with E-state index in [4.69, 9.17) is 33.4 Å². The molecule has 0 amide bonds. The minimum atomic E-state index is -1.06. The molecule has 0 aliphatic rings. The van der Waals surface area contributed by atoms with Gasteiger partial charge in [0.05, 0.1) is 30.5 Å². The van der Waals surface area contributed by atoms with Crippen molar-refractivity contribution >= 4 is 78.2 Å². The Kier molecular flexibility index (Phi) is 6.61. The third kappa shape index (κ3) is 4.57.